The van der Waals surface area contributed by atoms with Crippen LogP contribution in [-0.2, 0) is 0 Å². The molecule has 2 aromatic carbocycles. The van der Waals surface area contributed by atoms with Gasteiger partial charge in [0.2, 0.25) is 0 Å². The molecule has 0 radical (unpaired) electrons. The predicted octanol–water partition coefficient (Wildman–Crippen LogP) is 3.18. The number of hydrogen-bond acceptors (Lipinski definition) is 3. The molecule has 0 unspecified atom stereocenters. The van der Waals surface area contributed by atoms with Gasteiger partial charge in [0, 0.05) is 10.9 Å². The van der Waals surface area contributed by atoms with Crippen molar-refractivity contribution in [2.75, 3.05) is 5.73 Å². The topological polar surface area (TPSA) is 76.2 Å². The summed E-state index contributed by atoms with van der Waals surface area (Å²) in [5.74, 6) is -0.961. The van der Waals surface area contributed by atoms with Crippen molar-refractivity contribution >= 4 is 22.6 Å². The lowest BCUT2D eigenvalue weighted by Crippen LogP contribution is -1.98. The van der Waals surface area contributed by atoms with Crippen LogP contribution in [0.1, 0.15) is 10.4 Å². The van der Waals surface area contributed by atoms with Gasteiger partial charge in [0.15, 0.2) is 0 Å². The Morgan fingerprint density at radius 2 is 1.80 bits per heavy atom. The minimum Gasteiger partial charge on any atom is -0.478 e. The Morgan fingerprint density at radius 1 is 1.05 bits per heavy atom. The maximum absolute atomic E-state index is 11.0. The van der Waals surface area contributed by atoms with Crippen molar-refractivity contribution in [3.8, 4) is 11.3 Å². The summed E-state index contributed by atoms with van der Waals surface area (Å²) in [4.78, 5) is 15.5. The normalized spacial score (nSPS) is 10.6. The summed E-state index contributed by atoms with van der Waals surface area (Å²) >= 11 is 0. The maximum Gasteiger partial charge on any atom is 0.335 e. The van der Waals surface area contributed by atoms with E-state index in [1.165, 1.54) is 0 Å². The van der Waals surface area contributed by atoms with E-state index >= 15 is 0 Å². The highest BCUT2D eigenvalue weighted by atomic mass is 16.4. The van der Waals surface area contributed by atoms with E-state index in [0.717, 1.165) is 16.5 Å². The maximum atomic E-state index is 11.0. The van der Waals surface area contributed by atoms with Gasteiger partial charge in [-0.15, -0.1) is 0 Å². The first-order valence-corrected chi connectivity index (χ1v) is 6.14. The van der Waals surface area contributed by atoms with Crippen molar-refractivity contribution in [3.05, 3.63) is 60.2 Å². The van der Waals surface area contributed by atoms with Crippen molar-refractivity contribution < 1.29 is 9.90 Å². The average molecular weight is 264 g/mol. The molecule has 0 atom stereocenters. The van der Waals surface area contributed by atoms with E-state index in [9.17, 15) is 4.79 Å². The van der Waals surface area contributed by atoms with E-state index in [1.54, 1.807) is 24.3 Å². The van der Waals surface area contributed by atoms with Crippen molar-refractivity contribution in [2.24, 2.45) is 0 Å². The van der Waals surface area contributed by atoms with Crippen molar-refractivity contribution in [1.29, 1.82) is 0 Å². The number of nitrogen functional groups attached to an aromatic ring is 1. The Bertz CT molecular complexity index is 798. The smallest absolute Gasteiger partial charge is 0.335 e. The number of aromatic carboxylic acids is 1. The third kappa shape index (κ3) is 2.07. The number of anilines is 1. The number of fused-ring (bicyclic) bond motifs is 1. The zero-order valence-electron chi connectivity index (χ0n) is 10.6. The van der Waals surface area contributed by atoms with Gasteiger partial charge >= 0.3 is 5.97 Å². The van der Waals surface area contributed by atoms with Crippen LogP contribution in [0.15, 0.2) is 54.6 Å². The van der Waals surface area contributed by atoms with Gasteiger partial charge in [0.25, 0.3) is 0 Å². The lowest BCUT2D eigenvalue weighted by molar-refractivity contribution is 0.0697. The zero-order chi connectivity index (χ0) is 14.1. The first kappa shape index (κ1) is 12.2. The van der Waals surface area contributed by atoms with Gasteiger partial charge < -0.3 is 10.8 Å². The van der Waals surface area contributed by atoms with Gasteiger partial charge in [-0.3, -0.25) is 0 Å². The number of carboxylic acid groups (broad SMARTS) is 1. The van der Waals surface area contributed by atoms with Crippen LogP contribution < -0.4 is 5.73 Å². The lowest BCUT2D eigenvalue weighted by atomic mass is 10.1. The molecule has 0 saturated carbocycles. The van der Waals surface area contributed by atoms with E-state index in [1.807, 2.05) is 30.3 Å². The predicted molar refractivity (Wildman–Crippen MR) is 78.6 cm³/mol. The average Bonchev–Trinajstić information content (AvgIpc) is 2.46. The number of rotatable bonds is 2. The Kier molecular flexibility index (Phi) is 2.84. The van der Waals surface area contributed by atoms with Crippen LogP contribution in [0.5, 0.6) is 0 Å². The molecule has 1 aromatic heterocycles. The summed E-state index contributed by atoms with van der Waals surface area (Å²) in [6.07, 6.45) is 0. The fraction of sp³-hybridized carbons (Fsp3) is 0. The molecule has 0 aliphatic rings. The molecule has 0 amide bonds. The quantitative estimate of drug-likeness (QED) is 0.745. The highest BCUT2D eigenvalue weighted by molar-refractivity contribution is 5.95. The molecule has 0 bridgehead atoms. The minimum absolute atomic E-state index is 0.228. The molecule has 0 fully saturated rings. The van der Waals surface area contributed by atoms with E-state index in [2.05, 4.69) is 4.98 Å². The van der Waals surface area contributed by atoms with E-state index in [4.69, 9.17) is 10.8 Å². The third-order valence-corrected chi connectivity index (χ3v) is 3.14. The summed E-state index contributed by atoms with van der Waals surface area (Å²) < 4.78 is 0. The van der Waals surface area contributed by atoms with Crippen LogP contribution in [0.4, 0.5) is 5.69 Å². The van der Waals surface area contributed by atoms with Crippen molar-refractivity contribution in [3.63, 3.8) is 0 Å². The number of pyridine rings is 1. The van der Waals surface area contributed by atoms with Crippen LogP contribution in [0.25, 0.3) is 22.2 Å². The first-order valence-electron chi connectivity index (χ1n) is 6.14. The van der Waals surface area contributed by atoms with Gasteiger partial charge in [-0.1, -0.05) is 30.3 Å². The Labute approximate surface area is 115 Å². The number of carbonyl (C=O) groups is 1. The molecular weight excluding hydrogens is 252 g/mol. The molecule has 0 aliphatic carbocycles. The van der Waals surface area contributed by atoms with Crippen LogP contribution in [0, 0.1) is 0 Å². The molecule has 3 aromatic rings. The van der Waals surface area contributed by atoms with Gasteiger partial charge in [-0.05, 0) is 24.3 Å². The van der Waals surface area contributed by atoms with E-state index in [0.29, 0.717) is 11.4 Å². The molecule has 3 N–H and O–H groups in total. The van der Waals surface area contributed by atoms with Crippen molar-refractivity contribution in [2.45, 2.75) is 0 Å². The van der Waals surface area contributed by atoms with E-state index in [-0.39, 0.29) is 5.56 Å². The molecule has 20 heavy (non-hydrogen) atoms. The van der Waals surface area contributed by atoms with Crippen LogP contribution >= 0.6 is 0 Å². The second-order valence-corrected chi connectivity index (χ2v) is 4.50. The molecule has 0 saturated heterocycles. The molecule has 4 heteroatoms. The largest absolute Gasteiger partial charge is 0.478 e. The van der Waals surface area contributed by atoms with Gasteiger partial charge in [0.1, 0.15) is 0 Å². The van der Waals surface area contributed by atoms with Crippen LogP contribution in [-0.4, -0.2) is 16.1 Å². The summed E-state index contributed by atoms with van der Waals surface area (Å²) in [5, 5.41) is 9.72. The van der Waals surface area contributed by atoms with Crippen LogP contribution in [0.3, 0.4) is 0 Å². The molecule has 4 nitrogen and oxygen atoms in total. The Balaban J connectivity index is 2.20. The van der Waals surface area contributed by atoms with Gasteiger partial charge in [0.05, 0.1) is 22.5 Å². The summed E-state index contributed by atoms with van der Waals surface area (Å²) in [7, 11) is 0. The highest BCUT2D eigenvalue weighted by Crippen LogP contribution is 2.27. The number of nitrogens with zero attached hydrogens (tertiary/aromatic N) is 1. The highest BCUT2D eigenvalue weighted by Gasteiger charge is 2.09. The molecule has 0 spiro atoms. The second kappa shape index (κ2) is 4.66. The SMILES string of the molecule is Nc1cc2cc(C(=O)O)ccc2nc1-c1ccccc1. The Morgan fingerprint density at radius 3 is 2.50 bits per heavy atom. The van der Waals surface area contributed by atoms with Gasteiger partial charge in [-0.2, -0.15) is 0 Å². The van der Waals surface area contributed by atoms with Gasteiger partial charge in [-0.25, -0.2) is 9.78 Å². The second-order valence-electron chi connectivity index (χ2n) is 4.50. The van der Waals surface area contributed by atoms with Crippen LogP contribution in [0.2, 0.25) is 0 Å². The fourth-order valence-corrected chi connectivity index (χ4v) is 2.15. The molecule has 98 valence electrons. The molecule has 1 heterocycles. The number of nitrogens with two attached hydrogens (primary N) is 1. The number of carboxylic acids is 1. The molecule has 3 rings (SSSR count). The standard InChI is InChI=1S/C16H12N2O2/c17-13-9-12-8-11(16(19)20)6-7-14(12)18-15(13)10-4-2-1-3-5-10/h1-9H,17H2,(H,19,20). The zero-order valence-corrected chi connectivity index (χ0v) is 10.6. The third-order valence-electron chi connectivity index (χ3n) is 3.14. The summed E-state index contributed by atoms with van der Waals surface area (Å²) in [5.41, 5.74) is 9.17. The molecular formula is C16H12N2O2. The van der Waals surface area contributed by atoms with E-state index < -0.39 is 5.97 Å². The minimum atomic E-state index is -0.961. The molecule has 0 aliphatic heterocycles. The number of benzene rings is 2. The van der Waals surface area contributed by atoms with Crippen molar-refractivity contribution in [1.82, 2.24) is 4.98 Å². The first-order chi connectivity index (χ1) is 9.65. The monoisotopic (exact) mass is 264 g/mol. The lowest BCUT2D eigenvalue weighted by Gasteiger charge is -2.07. The Hall–Kier alpha value is -2.88. The number of aromatic nitrogens is 1. The number of hydrogen-bond donors (Lipinski definition) is 2. The summed E-state index contributed by atoms with van der Waals surface area (Å²) in [6.45, 7) is 0. The fourth-order valence-electron chi connectivity index (χ4n) is 2.15. The summed E-state index contributed by atoms with van der Waals surface area (Å²) in [6, 6.07) is 16.2.